The van der Waals surface area contributed by atoms with Crippen LogP contribution in [0.4, 0.5) is 5.82 Å². The molecule has 0 aliphatic carbocycles. The van der Waals surface area contributed by atoms with E-state index in [2.05, 4.69) is 10.3 Å². The molecule has 78 valence electrons. The highest BCUT2D eigenvalue weighted by Crippen LogP contribution is 2.14. The van der Waals surface area contributed by atoms with Crippen LogP contribution in [0.5, 0.6) is 5.75 Å². The first-order chi connectivity index (χ1) is 6.86. The fraction of sp³-hybridized carbons (Fsp3) is 0.500. The van der Waals surface area contributed by atoms with Crippen molar-refractivity contribution >= 4 is 5.82 Å². The molecule has 0 spiro atoms. The van der Waals surface area contributed by atoms with Crippen molar-refractivity contribution in [3.05, 3.63) is 18.3 Å². The molecule has 14 heavy (non-hydrogen) atoms. The van der Waals surface area contributed by atoms with Gasteiger partial charge >= 0.3 is 0 Å². The third-order valence-corrected chi connectivity index (χ3v) is 1.66. The first kappa shape index (κ1) is 10.8. The summed E-state index contributed by atoms with van der Waals surface area (Å²) in [5, 5.41) is 11.7. The third-order valence-electron chi connectivity index (χ3n) is 1.66. The lowest BCUT2D eigenvalue weighted by Crippen LogP contribution is -2.02. The zero-order chi connectivity index (χ0) is 10.2. The smallest absolute Gasteiger partial charge is 0.129 e. The van der Waals surface area contributed by atoms with Gasteiger partial charge in [-0.05, 0) is 13.0 Å². The molecule has 1 heterocycles. The van der Waals surface area contributed by atoms with Crippen LogP contribution in [-0.2, 0) is 0 Å². The number of anilines is 1. The van der Waals surface area contributed by atoms with Crippen LogP contribution in [0.2, 0.25) is 0 Å². The SMILES string of the molecule is CCNc1cc(OCCCO)ccn1. The summed E-state index contributed by atoms with van der Waals surface area (Å²) in [6, 6.07) is 3.65. The predicted octanol–water partition coefficient (Wildman–Crippen LogP) is 1.27. The van der Waals surface area contributed by atoms with E-state index in [-0.39, 0.29) is 6.61 Å². The highest BCUT2D eigenvalue weighted by atomic mass is 16.5. The second-order valence-corrected chi connectivity index (χ2v) is 2.83. The first-order valence-electron chi connectivity index (χ1n) is 4.80. The number of nitrogens with one attached hydrogen (secondary N) is 1. The van der Waals surface area contributed by atoms with E-state index >= 15 is 0 Å². The summed E-state index contributed by atoms with van der Waals surface area (Å²) in [7, 11) is 0. The van der Waals surface area contributed by atoms with E-state index in [9.17, 15) is 0 Å². The van der Waals surface area contributed by atoms with Crippen molar-refractivity contribution in [2.45, 2.75) is 13.3 Å². The van der Waals surface area contributed by atoms with Crippen LogP contribution in [-0.4, -0.2) is 29.8 Å². The van der Waals surface area contributed by atoms with Gasteiger partial charge in [-0.15, -0.1) is 0 Å². The molecule has 0 fully saturated rings. The Morgan fingerprint density at radius 1 is 1.57 bits per heavy atom. The van der Waals surface area contributed by atoms with Crippen molar-refractivity contribution in [1.29, 1.82) is 0 Å². The number of hydrogen-bond donors (Lipinski definition) is 2. The molecule has 0 aromatic carbocycles. The van der Waals surface area contributed by atoms with Crippen molar-refractivity contribution in [1.82, 2.24) is 4.98 Å². The van der Waals surface area contributed by atoms with E-state index in [1.165, 1.54) is 0 Å². The number of aliphatic hydroxyl groups excluding tert-OH is 1. The molecule has 0 unspecified atom stereocenters. The number of nitrogens with zero attached hydrogens (tertiary/aromatic N) is 1. The van der Waals surface area contributed by atoms with Gasteiger partial charge in [-0.1, -0.05) is 0 Å². The maximum atomic E-state index is 8.58. The molecule has 0 atom stereocenters. The van der Waals surface area contributed by atoms with Gasteiger partial charge in [0.25, 0.3) is 0 Å². The molecule has 0 radical (unpaired) electrons. The van der Waals surface area contributed by atoms with Gasteiger partial charge in [-0.3, -0.25) is 0 Å². The Morgan fingerprint density at radius 3 is 3.14 bits per heavy atom. The Bertz CT molecular complexity index is 266. The van der Waals surface area contributed by atoms with E-state index in [1.54, 1.807) is 12.3 Å². The maximum Gasteiger partial charge on any atom is 0.129 e. The van der Waals surface area contributed by atoms with Gasteiger partial charge in [0, 0.05) is 31.8 Å². The number of hydrogen-bond acceptors (Lipinski definition) is 4. The molecule has 4 nitrogen and oxygen atoms in total. The van der Waals surface area contributed by atoms with Gasteiger partial charge < -0.3 is 15.2 Å². The quantitative estimate of drug-likeness (QED) is 0.673. The summed E-state index contributed by atoms with van der Waals surface area (Å²) < 4.78 is 5.39. The number of rotatable bonds is 6. The summed E-state index contributed by atoms with van der Waals surface area (Å²) in [6.07, 6.45) is 2.35. The topological polar surface area (TPSA) is 54.4 Å². The molecule has 0 bridgehead atoms. The summed E-state index contributed by atoms with van der Waals surface area (Å²) in [5.41, 5.74) is 0. The first-order valence-corrected chi connectivity index (χ1v) is 4.80. The minimum Gasteiger partial charge on any atom is -0.493 e. The van der Waals surface area contributed by atoms with Crippen molar-refractivity contribution in [3.63, 3.8) is 0 Å². The van der Waals surface area contributed by atoms with Crippen LogP contribution in [0, 0.1) is 0 Å². The van der Waals surface area contributed by atoms with Crippen LogP contribution < -0.4 is 10.1 Å². The molecule has 2 N–H and O–H groups in total. The summed E-state index contributed by atoms with van der Waals surface area (Å²) >= 11 is 0. The third kappa shape index (κ3) is 3.62. The summed E-state index contributed by atoms with van der Waals surface area (Å²) in [4.78, 5) is 4.12. The molecule has 1 aromatic heterocycles. The molecular weight excluding hydrogens is 180 g/mol. The normalized spacial score (nSPS) is 9.86. The van der Waals surface area contributed by atoms with Gasteiger partial charge in [0.05, 0.1) is 6.61 Å². The van der Waals surface area contributed by atoms with Crippen LogP contribution in [0.3, 0.4) is 0 Å². The average Bonchev–Trinajstić information content (AvgIpc) is 2.19. The Hall–Kier alpha value is -1.29. The van der Waals surface area contributed by atoms with Crippen LogP contribution in [0.25, 0.3) is 0 Å². The maximum absolute atomic E-state index is 8.58. The molecule has 1 rings (SSSR count). The monoisotopic (exact) mass is 196 g/mol. The van der Waals surface area contributed by atoms with E-state index in [0.29, 0.717) is 13.0 Å². The van der Waals surface area contributed by atoms with Crippen LogP contribution >= 0.6 is 0 Å². The van der Waals surface area contributed by atoms with E-state index < -0.39 is 0 Å². The molecule has 0 amide bonds. The van der Waals surface area contributed by atoms with E-state index in [4.69, 9.17) is 9.84 Å². The molecular formula is C10H16N2O2. The molecule has 0 saturated carbocycles. The summed E-state index contributed by atoms with van der Waals surface area (Å²) in [6.45, 7) is 3.55. The largest absolute Gasteiger partial charge is 0.493 e. The Labute approximate surface area is 83.9 Å². The van der Waals surface area contributed by atoms with Crippen molar-refractivity contribution in [2.24, 2.45) is 0 Å². The zero-order valence-electron chi connectivity index (χ0n) is 8.36. The van der Waals surface area contributed by atoms with Gasteiger partial charge in [0.2, 0.25) is 0 Å². The number of pyridine rings is 1. The van der Waals surface area contributed by atoms with Crippen molar-refractivity contribution in [3.8, 4) is 5.75 Å². The highest BCUT2D eigenvalue weighted by molar-refractivity contribution is 5.40. The van der Waals surface area contributed by atoms with Gasteiger partial charge in [-0.2, -0.15) is 0 Å². The lowest BCUT2D eigenvalue weighted by atomic mass is 10.4. The Morgan fingerprint density at radius 2 is 2.43 bits per heavy atom. The lowest BCUT2D eigenvalue weighted by molar-refractivity contribution is 0.233. The van der Waals surface area contributed by atoms with E-state index in [0.717, 1.165) is 18.1 Å². The van der Waals surface area contributed by atoms with Crippen LogP contribution in [0.1, 0.15) is 13.3 Å². The predicted molar refractivity (Wildman–Crippen MR) is 55.6 cm³/mol. The van der Waals surface area contributed by atoms with Gasteiger partial charge in [0.1, 0.15) is 11.6 Å². The molecule has 0 aliphatic heterocycles. The number of ether oxygens (including phenoxy) is 1. The number of aliphatic hydroxyl groups is 1. The van der Waals surface area contributed by atoms with Crippen molar-refractivity contribution < 1.29 is 9.84 Å². The fourth-order valence-electron chi connectivity index (χ4n) is 1.03. The second-order valence-electron chi connectivity index (χ2n) is 2.83. The molecule has 4 heteroatoms. The zero-order valence-corrected chi connectivity index (χ0v) is 8.36. The van der Waals surface area contributed by atoms with Crippen molar-refractivity contribution in [2.75, 3.05) is 25.1 Å². The number of aromatic nitrogens is 1. The Kier molecular flexibility index (Phi) is 4.78. The van der Waals surface area contributed by atoms with Gasteiger partial charge in [0.15, 0.2) is 0 Å². The van der Waals surface area contributed by atoms with E-state index in [1.807, 2.05) is 13.0 Å². The standard InChI is InChI=1S/C10H16N2O2/c1-2-11-10-8-9(4-5-12-10)14-7-3-6-13/h4-5,8,13H,2-3,6-7H2,1H3,(H,11,12). The Balaban J connectivity index is 2.46. The minimum atomic E-state index is 0.158. The summed E-state index contributed by atoms with van der Waals surface area (Å²) in [5.74, 6) is 1.60. The van der Waals surface area contributed by atoms with Gasteiger partial charge in [-0.25, -0.2) is 4.98 Å². The van der Waals surface area contributed by atoms with Crippen LogP contribution in [0.15, 0.2) is 18.3 Å². The fourth-order valence-corrected chi connectivity index (χ4v) is 1.03. The molecule has 1 aromatic rings. The highest BCUT2D eigenvalue weighted by Gasteiger charge is 1.96. The average molecular weight is 196 g/mol. The molecule has 0 aliphatic rings. The lowest BCUT2D eigenvalue weighted by Gasteiger charge is -2.06. The molecule has 0 saturated heterocycles. The second kappa shape index (κ2) is 6.21. The minimum absolute atomic E-state index is 0.158.